The smallest absolute Gasteiger partial charge is 0.191 e. The summed E-state index contributed by atoms with van der Waals surface area (Å²) in [6.45, 7) is 2.13. The average Bonchev–Trinajstić information content (AvgIpc) is 3.39. The van der Waals surface area contributed by atoms with Gasteiger partial charge in [-0.3, -0.25) is 9.67 Å². The summed E-state index contributed by atoms with van der Waals surface area (Å²) in [4.78, 5) is 4.29. The van der Waals surface area contributed by atoms with Gasteiger partial charge in [-0.25, -0.2) is 0 Å². The molecule has 8 heteroatoms. The van der Waals surface area contributed by atoms with Crippen LogP contribution in [0.1, 0.15) is 31.2 Å². The van der Waals surface area contributed by atoms with Gasteiger partial charge < -0.3 is 20.1 Å². The molecule has 0 unspecified atom stereocenters. The summed E-state index contributed by atoms with van der Waals surface area (Å²) in [5.41, 5.74) is 1.07. The van der Waals surface area contributed by atoms with Gasteiger partial charge in [-0.05, 0) is 37.8 Å². The fraction of sp³-hybridized carbons (Fsp3) is 0.500. The van der Waals surface area contributed by atoms with Gasteiger partial charge in [0.1, 0.15) is 0 Å². The molecule has 2 N–H and O–H groups in total. The topological polar surface area (TPSA) is 72.7 Å². The van der Waals surface area contributed by atoms with Gasteiger partial charge in [-0.1, -0.05) is 12.1 Å². The van der Waals surface area contributed by atoms with Crippen LogP contribution in [0.5, 0.6) is 11.5 Å². The maximum absolute atomic E-state index is 6.29. The van der Waals surface area contributed by atoms with Crippen LogP contribution in [0.4, 0.5) is 0 Å². The van der Waals surface area contributed by atoms with E-state index >= 15 is 0 Å². The summed E-state index contributed by atoms with van der Waals surface area (Å²) in [5, 5.41) is 10.9. The molecular weight excluding hydrogens is 469 g/mol. The standard InChI is InChI=1S/C20H29N5O2.HI/c1-21-20(22-12-14-25-13-6-11-24-25)23-15-16-7-5-10-18(26-2)19(16)27-17-8-3-4-9-17;/h5-7,10-11,13,17H,3-4,8-9,12,14-15H2,1-2H3,(H2,21,22,23);1H. The monoisotopic (exact) mass is 499 g/mol. The van der Waals surface area contributed by atoms with Gasteiger partial charge in [-0.2, -0.15) is 5.10 Å². The third kappa shape index (κ3) is 6.29. The zero-order chi connectivity index (χ0) is 18.9. The molecule has 2 aromatic rings. The molecule has 0 spiro atoms. The first-order valence-corrected chi connectivity index (χ1v) is 9.54. The molecule has 7 nitrogen and oxygen atoms in total. The number of hydrogen-bond acceptors (Lipinski definition) is 4. The Kier molecular flexibility index (Phi) is 9.39. The van der Waals surface area contributed by atoms with E-state index in [-0.39, 0.29) is 30.1 Å². The molecule has 1 heterocycles. The Labute approximate surface area is 183 Å². The first kappa shape index (κ1) is 22.3. The van der Waals surface area contributed by atoms with Crippen LogP contribution in [-0.2, 0) is 13.1 Å². The number of para-hydroxylation sites is 1. The summed E-state index contributed by atoms with van der Waals surface area (Å²) in [6, 6.07) is 7.93. The number of halogens is 1. The molecule has 1 aliphatic carbocycles. The number of guanidine groups is 1. The summed E-state index contributed by atoms with van der Waals surface area (Å²) in [7, 11) is 3.45. The number of aromatic nitrogens is 2. The Morgan fingerprint density at radius 2 is 2.07 bits per heavy atom. The number of nitrogens with one attached hydrogen (secondary N) is 2. The van der Waals surface area contributed by atoms with Crippen molar-refractivity contribution in [1.29, 1.82) is 0 Å². The Bertz CT molecular complexity index is 730. The van der Waals surface area contributed by atoms with Crippen molar-refractivity contribution < 1.29 is 9.47 Å². The zero-order valence-electron chi connectivity index (χ0n) is 16.6. The van der Waals surface area contributed by atoms with E-state index in [0.717, 1.165) is 49.0 Å². The molecule has 1 aromatic carbocycles. The molecule has 1 saturated carbocycles. The molecule has 0 saturated heterocycles. The molecule has 0 atom stereocenters. The van der Waals surface area contributed by atoms with Crippen LogP contribution >= 0.6 is 24.0 Å². The molecule has 0 radical (unpaired) electrons. The summed E-state index contributed by atoms with van der Waals surface area (Å²) in [6.07, 6.45) is 8.71. The maximum atomic E-state index is 6.29. The van der Waals surface area contributed by atoms with E-state index in [1.807, 2.05) is 29.1 Å². The van der Waals surface area contributed by atoms with Crippen molar-refractivity contribution in [2.24, 2.45) is 4.99 Å². The van der Waals surface area contributed by atoms with E-state index in [9.17, 15) is 0 Å². The SMILES string of the molecule is CN=C(NCCn1cccn1)NCc1cccc(OC)c1OC1CCCC1.I. The van der Waals surface area contributed by atoms with E-state index in [4.69, 9.17) is 9.47 Å². The van der Waals surface area contributed by atoms with Gasteiger partial charge in [0.05, 0.1) is 19.8 Å². The van der Waals surface area contributed by atoms with Gasteiger partial charge in [-0.15, -0.1) is 24.0 Å². The lowest BCUT2D eigenvalue weighted by atomic mass is 10.1. The van der Waals surface area contributed by atoms with Gasteiger partial charge in [0.2, 0.25) is 0 Å². The summed E-state index contributed by atoms with van der Waals surface area (Å²) >= 11 is 0. The van der Waals surface area contributed by atoms with Crippen molar-refractivity contribution in [3.8, 4) is 11.5 Å². The highest BCUT2D eigenvalue weighted by molar-refractivity contribution is 14.0. The lowest BCUT2D eigenvalue weighted by Crippen LogP contribution is -2.38. The molecular formula is C20H30IN5O2. The van der Waals surface area contributed by atoms with Crippen molar-refractivity contribution >= 4 is 29.9 Å². The van der Waals surface area contributed by atoms with E-state index in [2.05, 4.69) is 26.8 Å². The third-order valence-corrected chi connectivity index (χ3v) is 4.73. The minimum Gasteiger partial charge on any atom is -0.493 e. The predicted molar refractivity (Wildman–Crippen MR) is 122 cm³/mol. The lowest BCUT2D eigenvalue weighted by Gasteiger charge is -2.20. The molecule has 154 valence electrons. The fourth-order valence-corrected chi connectivity index (χ4v) is 3.29. The van der Waals surface area contributed by atoms with Crippen LogP contribution in [-0.4, -0.2) is 42.5 Å². The van der Waals surface area contributed by atoms with E-state index in [0.29, 0.717) is 6.54 Å². The molecule has 28 heavy (non-hydrogen) atoms. The molecule has 0 amide bonds. The first-order valence-electron chi connectivity index (χ1n) is 9.54. The van der Waals surface area contributed by atoms with Crippen LogP contribution in [0, 0.1) is 0 Å². The van der Waals surface area contributed by atoms with Crippen LogP contribution in [0.3, 0.4) is 0 Å². The number of hydrogen-bond donors (Lipinski definition) is 2. The predicted octanol–water partition coefficient (Wildman–Crippen LogP) is 3.20. The highest BCUT2D eigenvalue weighted by atomic mass is 127. The number of benzene rings is 1. The Morgan fingerprint density at radius 1 is 1.25 bits per heavy atom. The van der Waals surface area contributed by atoms with Crippen molar-refractivity contribution in [3.05, 3.63) is 42.2 Å². The minimum atomic E-state index is 0. The van der Waals surface area contributed by atoms with Crippen molar-refractivity contribution in [2.45, 2.75) is 44.9 Å². The number of nitrogens with zero attached hydrogens (tertiary/aromatic N) is 3. The molecule has 1 aliphatic rings. The number of aliphatic imine (C=N–C) groups is 1. The summed E-state index contributed by atoms with van der Waals surface area (Å²) < 4.78 is 13.7. The van der Waals surface area contributed by atoms with Gasteiger partial charge in [0, 0.05) is 38.1 Å². The van der Waals surface area contributed by atoms with Gasteiger partial charge in [0.15, 0.2) is 17.5 Å². The molecule has 0 aliphatic heterocycles. The maximum Gasteiger partial charge on any atom is 0.191 e. The normalized spacial score (nSPS) is 14.4. The molecule has 1 fully saturated rings. The lowest BCUT2D eigenvalue weighted by molar-refractivity contribution is 0.198. The van der Waals surface area contributed by atoms with Crippen LogP contribution in [0.15, 0.2) is 41.7 Å². The van der Waals surface area contributed by atoms with Gasteiger partial charge >= 0.3 is 0 Å². The van der Waals surface area contributed by atoms with Crippen molar-refractivity contribution in [1.82, 2.24) is 20.4 Å². The van der Waals surface area contributed by atoms with Crippen molar-refractivity contribution in [2.75, 3.05) is 20.7 Å². The second-order valence-electron chi connectivity index (χ2n) is 6.59. The first-order chi connectivity index (χ1) is 13.3. The molecule has 1 aromatic heterocycles. The van der Waals surface area contributed by atoms with Gasteiger partial charge in [0.25, 0.3) is 0 Å². The third-order valence-electron chi connectivity index (χ3n) is 4.73. The number of ether oxygens (including phenoxy) is 2. The quantitative estimate of drug-likeness (QED) is 0.332. The largest absolute Gasteiger partial charge is 0.493 e. The molecule has 3 rings (SSSR count). The minimum absolute atomic E-state index is 0. The number of methoxy groups -OCH3 is 1. The average molecular weight is 499 g/mol. The van der Waals surface area contributed by atoms with E-state index < -0.39 is 0 Å². The second-order valence-corrected chi connectivity index (χ2v) is 6.59. The van der Waals surface area contributed by atoms with Crippen LogP contribution in [0.25, 0.3) is 0 Å². The zero-order valence-corrected chi connectivity index (χ0v) is 18.9. The number of rotatable bonds is 8. The van der Waals surface area contributed by atoms with E-state index in [1.54, 1.807) is 20.4 Å². The Balaban J connectivity index is 0.00000280. The van der Waals surface area contributed by atoms with Crippen LogP contribution < -0.4 is 20.1 Å². The van der Waals surface area contributed by atoms with Crippen molar-refractivity contribution in [3.63, 3.8) is 0 Å². The van der Waals surface area contributed by atoms with E-state index in [1.165, 1.54) is 12.8 Å². The highest BCUT2D eigenvalue weighted by Gasteiger charge is 2.20. The Morgan fingerprint density at radius 3 is 2.75 bits per heavy atom. The highest BCUT2D eigenvalue weighted by Crippen LogP contribution is 2.34. The van der Waals surface area contributed by atoms with Crippen LogP contribution in [0.2, 0.25) is 0 Å². The summed E-state index contributed by atoms with van der Waals surface area (Å²) in [5.74, 6) is 2.37. The Hall–Kier alpha value is -1.97. The second kappa shape index (κ2) is 11.8. The molecule has 0 bridgehead atoms. The fourth-order valence-electron chi connectivity index (χ4n) is 3.29.